The zero-order valence-electron chi connectivity index (χ0n) is 10.2. The van der Waals surface area contributed by atoms with E-state index in [-0.39, 0.29) is 11.8 Å². The van der Waals surface area contributed by atoms with Crippen LogP contribution in [0.25, 0.3) is 0 Å². The van der Waals surface area contributed by atoms with Crippen LogP contribution in [0.15, 0.2) is 0 Å². The predicted molar refractivity (Wildman–Crippen MR) is 62.4 cm³/mol. The zero-order chi connectivity index (χ0) is 11.4. The third kappa shape index (κ3) is 3.20. The molecule has 0 saturated carbocycles. The van der Waals surface area contributed by atoms with Crippen molar-refractivity contribution in [1.29, 1.82) is 0 Å². The van der Waals surface area contributed by atoms with Crippen molar-refractivity contribution < 1.29 is 4.79 Å². The number of hydrogen-bond acceptors (Lipinski definition) is 2. The number of nitrogens with zero attached hydrogens (tertiary/aromatic N) is 1. The highest BCUT2D eigenvalue weighted by Crippen LogP contribution is 2.20. The molecule has 3 heteroatoms. The van der Waals surface area contributed by atoms with Crippen LogP contribution in [0.3, 0.4) is 0 Å². The summed E-state index contributed by atoms with van der Waals surface area (Å²) in [6.07, 6.45) is 2.39. The average Bonchev–Trinajstić information content (AvgIpc) is 2.18. The summed E-state index contributed by atoms with van der Waals surface area (Å²) < 4.78 is 0. The lowest BCUT2D eigenvalue weighted by molar-refractivity contribution is -0.138. The molecule has 3 nitrogen and oxygen atoms in total. The van der Waals surface area contributed by atoms with Gasteiger partial charge in [-0.15, -0.1) is 0 Å². The van der Waals surface area contributed by atoms with Gasteiger partial charge in [0.2, 0.25) is 5.91 Å². The Morgan fingerprint density at radius 1 is 1.53 bits per heavy atom. The van der Waals surface area contributed by atoms with E-state index in [1.807, 2.05) is 4.90 Å². The van der Waals surface area contributed by atoms with Crippen LogP contribution in [0.5, 0.6) is 0 Å². The van der Waals surface area contributed by atoms with Gasteiger partial charge in [-0.2, -0.15) is 0 Å². The monoisotopic (exact) mass is 212 g/mol. The minimum Gasteiger partial charge on any atom is -0.342 e. The van der Waals surface area contributed by atoms with Crippen LogP contribution >= 0.6 is 0 Å². The van der Waals surface area contributed by atoms with Crippen LogP contribution in [0.2, 0.25) is 0 Å². The minimum absolute atomic E-state index is 0.00954. The number of amides is 1. The average molecular weight is 212 g/mol. The Morgan fingerprint density at radius 3 is 2.67 bits per heavy atom. The molecule has 1 heterocycles. The number of hydrogen-bond donors (Lipinski definition) is 1. The number of likely N-dealkylation sites (tertiary alicyclic amines) is 1. The van der Waals surface area contributed by atoms with Crippen LogP contribution in [0, 0.1) is 17.8 Å². The van der Waals surface area contributed by atoms with Gasteiger partial charge in [0.25, 0.3) is 0 Å². The summed E-state index contributed by atoms with van der Waals surface area (Å²) in [4.78, 5) is 14.2. The number of nitrogens with two attached hydrogens (primary N) is 1. The van der Waals surface area contributed by atoms with Crippen LogP contribution in [-0.2, 0) is 4.79 Å². The second-order valence-corrected chi connectivity index (χ2v) is 5.12. The lowest BCUT2D eigenvalue weighted by atomic mass is 9.92. The van der Waals surface area contributed by atoms with Crippen molar-refractivity contribution in [3.8, 4) is 0 Å². The molecule has 0 aromatic heterocycles. The second kappa shape index (κ2) is 5.50. The molecule has 2 N–H and O–H groups in total. The first-order valence-corrected chi connectivity index (χ1v) is 6.05. The van der Waals surface area contributed by atoms with Gasteiger partial charge in [0.05, 0.1) is 5.92 Å². The van der Waals surface area contributed by atoms with Gasteiger partial charge in [0.1, 0.15) is 0 Å². The minimum atomic E-state index is 0.00954. The SMILES string of the molecule is CC1CCCN(C(=O)C(CN)C(C)C)C1. The molecule has 15 heavy (non-hydrogen) atoms. The van der Waals surface area contributed by atoms with Gasteiger partial charge in [-0.05, 0) is 24.7 Å². The van der Waals surface area contributed by atoms with E-state index in [1.165, 1.54) is 6.42 Å². The van der Waals surface area contributed by atoms with Crippen molar-refractivity contribution in [2.45, 2.75) is 33.6 Å². The normalized spacial score (nSPS) is 24.3. The van der Waals surface area contributed by atoms with Crippen molar-refractivity contribution >= 4 is 5.91 Å². The number of carbonyl (C=O) groups is 1. The standard InChI is InChI=1S/C12H24N2O/c1-9(2)11(7-13)12(15)14-6-4-5-10(3)8-14/h9-11H,4-8,13H2,1-3H3. The quantitative estimate of drug-likeness (QED) is 0.770. The summed E-state index contributed by atoms with van der Waals surface area (Å²) in [5, 5.41) is 0. The van der Waals surface area contributed by atoms with E-state index < -0.39 is 0 Å². The fourth-order valence-electron chi connectivity index (χ4n) is 2.28. The molecule has 1 saturated heterocycles. The molecule has 88 valence electrons. The molecule has 0 aromatic rings. The summed E-state index contributed by atoms with van der Waals surface area (Å²) in [5.74, 6) is 1.27. The first-order valence-electron chi connectivity index (χ1n) is 6.05. The summed E-state index contributed by atoms with van der Waals surface area (Å²) in [6.45, 7) is 8.67. The van der Waals surface area contributed by atoms with E-state index >= 15 is 0 Å². The Hall–Kier alpha value is -0.570. The Labute approximate surface area is 93.0 Å². The Balaban J connectivity index is 2.57. The topological polar surface area (TPSA) is 46.3 Å². The zero-order valence-corrected chi connectivity index (χ0v) is 10.2. The molecule has 0 aliphatic carbocycles. The van der Waals surface area contributed by atoms with Crippen molar-refractivity contribution in [2.24, 2.45) is 23.5 Å². The van der Waals surface area contributed by atoms with Crippen LogP contribution in [0.4, 0.5) is 0 Å². The summed E-state index contributed by atoms with van der Waals surface area (Å²) >= 11 is 0. The molecule has 2 atom stereocenters. The number of piperidine rings is 1. The van der Waals surface area contributed by atoms with Crippen molar-refractivity contribution in [2.75, 3.05) is 19.6 Å². The highest BCUT2D eigenvalue weighted by molar-refractivity contribution is 5.79. The summed E-state index contributed by atoms with van der Waals surface area (Å²) in [6, 6.07) is 0. The maximum Gasteiger partial charge on any atom is 0.227 e. The van der Waals surface area contributed by atoms with Crippen molar-refractivity contribution in [3.05, 3.63) is 0 Å². The molecule has 0 spiro atoms. The first kappa shape index (κ1) is 12.5. The predicted octanol–water partition coefficient (Wildman–Crippen LogP) is 1.48. The van der Waals surface area contributed by atoms with Gasteiger partial charge >= 0.3 is 0 Å². The van der Waals surface area contributed by atoms with Gasteiger partial charge in [-0.1, -0.05) is 20.8 Å². The van der Waals surface area contributed by atoms with Gasteiger partial charge in [-0.3, -0.25) is 4.79 Å². The highest BCUT2D eigenvalue weighted by atomic mass is 16.2. The molecule has 0 aromatic carbocycles. The molecular weight excluding hydrogens is 188 g/mol. The molecule has 1 fully saturated rings. The lowest BCUT2D eigenvalue weighted by Gasteiger charge is -2.34. The van der Waals surface area contributed by atoms with Gasteiger partial charge in [-0.25, -0.2) is 0 Å². The van der Waals surface area contributed by atoms with Gasteiger partial charge in [0.15, 0.2) is 0 Å². The Morgan fingerprint density at radius 2 is 2.20 bits per heavy atom. The molecular formula is C12H24N2O. The largest absolute Gasteiger partial charge is 0.342 e. The molecule has 1 aliphatic rings. The first-order chi connectivity index (χ1) is 7.06. The van der Waals surface area contributed by atoms with E-state index in [9.17, 15) is 4.79 Å². The van der Waals surface area contributed by atoms with Crippen LogP contribution in [0.1, 0.15) is 33.6 Å². The highest BCUT2D eigenvalue weighted by Gasteiger charge is 2.28. The van der Waals surface area contributed by atoms with Crippen molar-refractivity contribution in [3.63, 3.8) is 0 Å². The van der Waals surface area contributed by atoms with Crippen molar-refractivity contribution in [1.82, 2.24) is 4.90 Å². The van der Waals surface area contributed by atoms with E-state index in [0.717, 1.165) is 19.5 Å². The van der Waals surface area contributed by atoms with E-state index in [1.54, 1.807) is 0 Å². The fourth-order valence-corrected chi connectivity index (χ4v) is 2.28. The van der Waals surface area contributed by atoms with Gasteiger partial charge < -0.3 is 10.6 Å². The summed E-state index contributed by atoms with van der Waals surface area (Å²) in [7, 11) is 0. The molecule has 0 radical (unpaired) electrons. The maximum absolute atomic E-state index is 12.2. The second-order valence-electron chi connectivity index (χ2n) is 5.12. The Bertz CT molecular complexity index is 216. The molecule has 0 bridgehead atoms. The van der Waals surface area contributed by atoms with E-state index in [4.69, 9.17) is 5.73 Å². The lowest BCUT2D eigenvalue weighted by Crippen LogP contribution is -2.45. The molecule has 1 amide bonds. The number of rotatable bonds is 3. The molecule has 1 aliphatic heterocycles. The van der Waals surface area contributed by atoms with Crippen LogP contribution in [-0.4, -0.2) is 30.4 Å². The third-order valence-corrected chi connectivity index (χ3v) is 3.34. The van der Waals surface area contributed by atoms with E-state index in [2.05, 4.69) is 20.8 Å². The molecule has 1 rings (SSSR count). The Kier molecular flexibility index (Phi) is 4.58. The maximum atomic E-state index is 12.2. The van der Waals surface area contributed by atoms with Crippen LogP contribution < -0.4 is 5.73 Å². The smallest absolute Gasteiger partial charge is 0.227 e. The van der Waals surface area contributed by atoms with E-state index in [0.29, 0.717) is 18.4 Å². The fraction of sp³-hybridized carbons (Fsp3) is 0.917. The third-order valence-electron chi connectivity index (χ3n) is 3.34. The molecule has 2 unspecified atom stereocenters. The van der Waals surface area contributed by atoms with Gasteiger partial charge in [0, 0.05) is 19.6 Å². The number of carbonyl (C=O) groups excluding carboxylic acids is 1. The summed E-state index contributed by atoms with van der Waals surface area (Å²) in [5.41, 5.74) is 5.67.